The summed E-state index contributed by atoms with van der Waals surface area (Å²) in [6, 6.07) is 17.7. The van der Waals surface area contributed by atoms with Gasteiger partial charge in [0.25, 0.3) is 23.4 Å². The Kier molecular flexibility index (Phi) is 6.78. The van der Waals surface area contributed by atoms with Gasteiger partial charge >= 0.3 is 0 Å². The molecule has 3 fully saturated rings. The maximum Gasteiger partial charge on any atom is 0.273 e. The van der Waals surface area contributed by atoms with Crippen molar-refractivity contribution in [2.24, 2.45) is 23.7 Å². The van der Waals surface area contributed by atoms with Crippen LogP contribution in [0.4, 0.5) is 5.69 Å². The van der Waals surface area contributed by atoms with Crippen LogP contribution in [-0.4, -0.2) is 45.0 Å². The molecule has 6 rings (SSSR count). The number of rotatable bonds is 8. The first-order valence-corrected chi connectivity index (χ1v) is 13.6. The molecule has 0 spiro atoms. The molecule has 3 aliphatic rings. The highest BCUT2D eigenvalue weighted by molar-refractivity contribution is 6.30. The predicted octanol–water partition coefficient (Wildman–Crippen LogP) is 5.31. The second-order valence-corrected chi connectivity index (χ2v) is 11.0. The van der Waals surface area contributed by atoms with E-state index in [0.29, 0.717) is 16.5 Å². The molecule has 208 valence electrons. The monoisotopic (exact) mass is 573 g/mol. The molecule has 1 aliphatic heterocycles. The van der Waals surface area contributed by atoms with Gasteiger partial charge in [-0.05, 0) is 91.8 Å². The van der Waals surface area contributed by atoms with Crippen LogP contribution in [0.15, 0.2) is 72.8 Å². The number of Topliss-reactive ketones (excluding diaryl/α,β-unsaturated/α-hetero) is 1. The summed E-state index contributed by atoms with van der Waals surface area (Å²) in [5.41, 5.74) is 0.367. The normalized spacial score (nSPS) is 22.5. The van der Waals surface area contributed by atoms with Gasteiger partial charge in [0.2, 0.25) is 0 Å². The van der Waals surface area contributed by atoms with Crippen molar-refractivity contribution >= 4 is 40.8 Å². The van der Waals surface area contributed by atoms with Crippen LogP contribution < -0.4 is 4.74 Å². The number of nitro benzene ring substituents is 1. The van der Waals surface area contributed by atoms with Crippen LogP contribution >= 0.6 is 11.6 Å². The molecular formula is C30H24ClN3O7. The molecule has 4 atom stereocenters. The first-order valence-electron chi connectivity index (χ1n) is 13.2. The van der Waals surface area contributed by atoms with Crippen LogP contribution in [0.25, 0.3) is 0 Å². The Morgan fingerprint density at radius 2 is 1.37 bits per heavy atom. The number of halogens is 1. The van der Waals surface area contributed by atoms with Gasteiger partial charge < -0.3 is 4.74 Å². The van der Waals surface area contributed by atoms with Crippen molar-refractivity contribution in [3.8, 4) is 11.5 Å². The fourth-order valence-corrected chi connectivity index (χ4v) is 6.44. The topological polar surface area (TPSA) is 127 Å². The second-order valence-electron chi connectivity index (χ2n) is 10.5. The molecule has 2 aliphatic carbocycles. The molecule has 3 aromatic carbocycles. The van der Waals surface area contributed by atoms with Crippen LogP contribution in [0.1, 0.15) is 40.0 Å². The average molecular weight is 574 g/mol. The molecule has 1 heterocycles. The van der Waals surface area contributed by atoms with Gasteiger partial charge in [0, 0.05) is 28.3 Å². The first-order chi connectivity index (χ1) is 19.7. The molecule has 1 saturated heterocycles. The third kappa shape index (κ3) is 4.84. The molecule has 11 heteroatoms. The van der Waals surface area contributed by atoms with Crippen molar-refractivity contribution in [3.63, 3.8) is 0 Å². The SMILES string of the molecule is O=C(CN(C(=O)c1ccc(Cl)cc1)N1C(=O)[C@H]2[C@H]3CC[C@@H](C3)[C@@H]2C1=O)c1ccc(Oc2ccc([N+](=O)[O-])cc2)cc1. The van der Waals surface area contributed by atoms with Crippen molar-refractivity contribution in [3.05, 3.63) is 99.1 Å². The van der Waals surface area contributed by atoms with Crippen molar-refractivity contribution in [2.75, 3.05) is 6.54 Å². The zero-order valence-electron chi connectivity index (χ0n) is 21.6. The molecular weight excluding hydrogens is 550 g/mol. The van der Waals surface area contributed by atoms with E-state index >= 15 is 0 Å². The molecule has 0 radical (unpaired) electrons. The van der Waals surface area contributed by atoms with Crippen molar-refractivity contribution in [1.82, 2.24) is 10.0 Å². The lowest BCUT2D eigenvalue weighted by molar-refractivity contribution is -0.384. The Morgan fingerprint density at radius 1 is 0.854 bits per heavy atom. The summed E-state index contributed by atoms with van der Waals surface area (Å²) in [6.45, 7) is -0.518. The summed E-state index contributed by atoms with van der Waals surface area (Å²) in [5, 5.41) is 13.1. The Bertz CT molecular complexity index is 1530. The van der Waals surface area contributed by atoms with Crippen LogP contribution in [0.5, 0.6) is 11.5 Å². The summed E-state index contributed by atoms with van der Waals surface area (Å²) < 4.78 is 5.71. The third-order valence-electron chi connectivity index (χ3n) is 8.22. The van der Waals surface area contributed by atoms with E-state index in [1.807, 2.05) is 0 Å². The highest BCUT2D eigenvalue weighted by Crippen LogP contribution is 2.56. The van der Waals surface area contributed by atoms with E-state index in [-0.39, 0.29) is 28.7 Å². The van der Waals surface area contributed by atoms with Gasteiger partial charge in [-0.25, -0.2) is 5.01 Å². The van der Waals surface area contributed by atoms with E-state index < -0.39 is 46.8 Å². The Balaban J connectivity index is 1.23. The number of non-ortho nitro benzene ring substituents is 1. The van der Waals surface area contributed by atoms with Crippen molar-refractivity contribution < 1.29 is 28.8 Å². The number of nitro groups is 1. The van der Waals surface area contributed by atoms with E-state index in [4.69, 9.17) is 16.3 Å². The first kappa shape index (κ1) is 26.6. The number of ketones is 1. The summed E-state index contributed by atoms with van der Waals surface area (Å²) in [6.07, 6.45) is 2.62. The maximum absolute atomic E-state index is 13.6. The second kappa shape index (κ2) is 10.4. The molecule has 3 aromatic rings. The maximum atomic E-state index is 13.6. The van der Waals surface area contributed by atoms with Crippen molar-refractivity contribution in [2.45, 2.75) is 19.3 Å². The fraction of sp³-hybridized carbons (Fsp3) is 0.267. The minimum absolute atomic E-state index is 0.0674. The molecule has 0 aromatic heterocycles. The van der Waals surface area contributed by atoms with Gasteiger partial charge in [0.05, 0.1) is 16.8 Å². The molecule has 0 unspecified atom stereocenters. The van der Waals surface area contributed by atoms with Crippen LogP contribution in [0.3, 0.4) is 0 Å². The number of amides is 3. The molecule has 10 nitrogen and oxygen atoms in total. The molecule has 2 saturated carbocycles. The van der Waals surface area contributed by atoms with Gasteiger partial charge in [0.1, 0.15) is 18.0 Å². The average Bonchev–Trinajstić information content (AvgIpc) is 3.66. The number of benzene rings is 3. The van der Waals surface area contributed by atoms with E-state index in [1.165, 1.54) is 60.7 Å². The summed E-state index contributed by atoms with van der Waals surface area (Å²) in [5.74, 6) is -1.87. The minimum atomic E-state index is -0.651. The van der Waals surface area contributed by atoms with E-state index in [1.54, 1.807) is 12.1 Å². The van der Waals surface area contributed by atoms with Crippen LogP contribution in [-0.2, 0) is 9.59 Å². The predicted molar refractivity (Wildman–Crippen MR) is 146 cm³/mol. The lowest BCUT2D eigenvalue weighted by atomic mass is 9.81. The van der Waals surface area contributed by atoms with Gasteiger partial charge in [-0.15, -0.1) is 0 Å². The highest BCUT2D eigenvalue weighted by Gasteiger charge is 2.62. The lowest BCUT2D eigenvalue weighted by Crippen LogP contribution is -2.52. The number of fused-ring (bicyclic) bond motifs is 5. The Hall–Kier alpha value is -4.57. The summed E-state index contributed by atoms with van der Waals surface area (Å²) in [7, 11) is 0. The van der Waals surface area contributed by atoms with Crippen LogP contribution in [0.2, 0.25) is 5.02 Å². The van der Waals surface area contributed by atoms with E-state index in [2.05, 4.69) is 0 Å². The number of carbonyl (C=O) groups excluding carboxylic acids is 4. The quantitative estimate of drug-likeness (QED) is 0.155. The number of nitrogens with zero attached hydrogens (tertiary/aromatic N) is 3. The van der Waals surface area contributed by atoms with Crippen molar-refractivity contribution in [1.29, 1.82) is 0 Å². The number of hydrogen-bond acceptors (Lipinski definition) is 7. The van der Waals surface area contributed by atoms with Crippen LogP contribution in [0, 0.1) is 33.8 Å². The number of hydrazine groups is 1. The highest BCUT2D eigenvalue weighted by atomic mass is 35.5. The standard InChI is InChI=1S/C30H24ClN3O7/c31-21-7-3-18(4-8-21)28(36)32(33-29(37)26-19-1-2-20(15-19)27(26)30(33)38)16-25(35)17-5-11-23(12-6-17)41-24-13-9-22(10-14-24)34(39)40/h3-14,19-20,26-27H,1-2,15-16H2/t19-,20-,26-,27-/m0/s1. The fourth-order valence-electron chi connectivity index (χ4n) is 6.31. The Morgan fingerprint density at radius 3 is 1.90 bits per heavy atom. The zero-order valence-corrected chi connectivity index (χ0v) is 22.4. The minimum Gasteiger partial charge on any atom is -0.457 e. The molecule has 3 amide bonds. The number of imide groups is 1. The molecule has 2 bridgehead atoms. The van der Waals surface area contributed by atoms with Gasteiger partial charge in [-0.1, -0.05) is 11.6 Å². The summed E-state index contributed by atoms with van der Waals surface area (Å²) >= 11 is 5.99. The van der Waals surface area contributed by atoms with Gasteiger partial charge in [0.15, 0.2) is 5.78 Å². The third-order valence-corrected chi connectivity index (χ3v) is 8.48. The van der Waals surface area contributed by atoms with E-state index in [0.717, 1.165) is 29.3 Å². The molecule has 0 N–H and O–H groups in total. The molecule has 41 heavy (non-hydrogen) atoms. The van der Waals surface area contributed by atoms with Gasteiger partial charge in [-0.3, -0.25) is 29.3 Å². The smallest absolute Gasteiger partial charge is 0.273 e. The number of hydrogen-bond donors (Lipinski definition) is 0. The number of carbonyl (C=O) groups is 4. The Labute approximate surface area is 239 Å². The van der Waals surface area contributed by atoms with Gasteiger partial charge in [-0.2, -0.15) is 5.01 Å². The summed E-state index contributed by atoms with van der Waals surface area (Å²) in [4.78, 5) is 64.5. The number of ether oxygens (including phenoxy) is 1. The van der Waals surface area contributed by atoms with E-state index in [9.17, 15) is 29.3 Å². The largest absolute Gasteiger partial charge is 0.457 e. The lowest BCUT2D eigenvalue weighted by Gasteiger charge is -2.30. The zero-order chi connectivity index (χ0) is 28.8.